The molecule has 0 aliphatic rings. The zero-order valence-corrected chi connectivity index (χ0v) is 12.4. The fourth-order valence-electron chi connectivity index (χ4n) is 2.02. The Hall–Kier alpha value is -0.860. The summed E-state index contributed by atoms with van der Waals surface area (Å²) in [5.74, 6) is 0. The normalized spacial score (nSPS) is 10.9. The molecule has 0 atom stereocenters. The maximum absolute atomic E-state index is 6.12. The lowest BCUT2D eigenvalue weighted by molar-refractivity contribution is 1.21. The third kappa shape index (κ3) is 2.12. The van der Waals surface area contributed by atoms with Gasteiger partial charge in [-0.3, -0.25) is 0 Å². The molecule has 0 saturated heterocycles. The van der Waals surface area contributed by atoms with E-state index < -0.39 is 0 Å². The first kappa shape index (κ1) is 12.6. The minimum absolute atomic E-state index is 0.790. The highest BCUT2D eigenvalue weighted by molar-refractivity contribution is 7.19. The lowest BCUT2D eigenvalue weighted by atomic mass is 9.95. The molecule has 0 aliphatic carbocycles. The topological polar surface area (TPSA) is 12.9 Å². The second-order valence-electron chi connectivity index (χ2n) is 4.51. The number of halogens is 1. The molecule has 0 amide bonds. The SMILES string of the molecule is Cc1cc(C)c(C)c(-c2nc(C)c(Cl)s2)c1C. The van der Waals surface area contributed by atoms with Crippen LogP contribution in [0.2, 0.25) is 4.34 Å². The molecular weight excluding hydrogens is 250 g/mol. The largest absolute Gasteiger partial charge is 0.240 e. The van der Waals surface area contributed by atoms with E-state index in [0.29, 0.717) is 0 Å². The lowest BCUT2D eigenvalue weighted by Crippen LogP contribution is -1.94. The van der Waals surface area contributed by atoms with Gasteiger partial charge >= 0.3 is 0 Å². The van der Waals surface area contributed by atoms with Crippen molar-refractivity contribution in [3.05, 3.63) is 38.4 Å². The predicted octanol–water partition coefficient (Wildman–Crippen LogP) is 5.01. The molecule has 0 radical (unpaired) electrons. The van der Waals surface area contributed by atoms with Crippen LogP contribution < -0.4 is 0 Å². The predicted molar refractivity (Wildman–Crippen MR) is 76.2 cm³/mol. The molecular formula is C14H16ClNS. The van der Waals surface area contributed by atoms with Crippen LogP contribution in [0.25, 0.3) is 10.6 Å². The summed E-state index contributed by atoms with van der Waals surface area (Å²) in [6.45, 7) is 10.6. The molecule has 3 heteroatoms. The van der Waals surface area contributed by atoms with Gasteiger partial charge in [-0.1, -0.05) is 17.7 Å². The van der Waals surface area contributed by atoms with Gasteiger partial charge in [-0.15, -0.1) is 11.3 Å². The maximum atomic E-state index is 6.12. The molecule has 0 aliphatic heterocycles. The van der Waals surface area contributed by atoms with Crippen LogP contribution in [0.15, 0.2) is 6.07 Å². The average molecular weight is 266 g/mol. The van der Waals surface area contributed by atoms with Crippen LogP contribution >= 0.6 is 22.9 Å². The van der Waals surface area contributed by atoms with E-state index in [-0.39, 0.29) is 0 Å². The van der Waals surface area contributed by atoms with E-state index in [1.54, 1.807) is 11.3 Å². The van der Waals surface area contributed by atoms with Gasteiger partial charge in [-0.2, -0.15) is 0 Å². The minimum atomic E-state index is 0.790. The zero-order chi connectivity index (χ0) is 12.7. The van der Waals surface area contributed by atoms with Gasteiger partial charge in [-0.05, 0) is 56.9 Å². The fraction of sp³-hybridized carbons (Fsp3) is 0.357. The van der Waals surface area contributed by atoms with Crippen molar-refractivity contribution in [2.45, 2.75) is 34.6 Å². The number of hydrogen-bond donors (Lipinski definition) is 0. The lowest BCUT2D eigenvalue weighted by Gasteiger charge is -2.13. The number of thiazole rings is 1. The summed E-state index contributed by atoms with van der Waals surface area (Å²) < 4.78 is 0.790. The molecule has 0 saturated carbocycles. The van der Waals surface area contributed by atoms with Gasteiger partial charge in [0.2, 0.25) is 0 Å². The van der Waals surface area contributed by atoms with Crippen LogP contribution in [0.4, 0.5) is 0 Å². The molecule has 1 aromatic heterocycles. The maximum Gasteiger partial charge on any atom is 0.125 e. The van der Waals surface area contributed by atoms with E-state index in [9.17, 15) is 0 Å². The Kier molecular flexibility index (Phi) is 3.28. The highest BCUT2D eigenvalue weighted by Gasteiger charge is 2.15. The highest BCUT2D eigenvalue weighted by Crippen LogP contribution is 2.37. The molecule has 0 bridgehead atoms. The molecule has 0 N–H and O–H groups in total. The number of hydrogen-bond acceptors (Lipinski definition) is 2. The van der Waals surface area contributed by atoms with Crippen molar-refractivity contribution in [1.82, 2.24) is 4.98 Å². The van der Waals surface area contributed by atoms with Crippen molar-refractivity contribution >= 4 is 22.9 Å². The summed E-state index contributed by atoms with van der Waals surface area (Å²) in [4.78, 5) is 4.57. The fourth-order valence-corrected chi connectivity index (χ4v) is 3.24. The monoisotopic (exact) mass is 265 g/mol. The molecule has 17 heavy (non-hydrogen) atoms. The summed E-state index contributed by atoms with van der Waals surface area (Å²) in [7, 11) is 0. The van der Waals surface area contributed by atoms with E-state index in [4.69, 9.17) is 11.6 Å². The number of aryl methyl sites for hydroxylation is 3. The van der Waals surface area contributed by atoms with E-state index >= 15 is 0 Å². The Labute approximate surface area is 111 Å². The van der Waals surface area contributed by atoms with E-state index in [2.05, 4.69) is 38.7 Å². The van der Waals surface area contributed by atoms with Gasteiger partial charge in [-0.25, -0.2) is 4.98 Å². The first-order valence-electron chi connectivity index (χ1n) is 5.62. The minimum Gasteiger partial charge on any atom is -0.240 e. The van der Waals surface area contributed by atoms with Crippen LogP contribution in [-0.2, 0) is 0 Å². The Morgan fingerprint density at radius 3 is 1.94 bits per heavy atom. The number of rotatable bonds is 1. The van der Waals surface area contributed by atoms with Crippen LogP contribution in [-0.4, -0.2) is 4.98 Å². The quantitative estimate of drug-likeness (QED) is 0.707. The van der Waals surface area contributed by atoms with Gasteiger partial charge in [0.05, 0.1) is 5.69 Å². The van der Waals surface area contributed by atoms with Gasteiger partial charge in [0.15, 0.2) is 0 Å². The summed E-state index contributed by atoms with van der Waals surface area (Å²) in [5.41, 5.74) is 7.41. The number of aromatic nitrogens is 1. The van der Waals surface area contributed by atoms with Gasteiger partial charge < -0.3 is 0 Å². The third-order valence-corrected chi connectivity index (χ3v) is 4.79. The molecule has 1 aromatic carbocycles. The smallest absolute Gasteiger partial charge is 0.125 e. The molecule has 2 aromatic rings. The molecule has 0 unspecified atom stereocenters. The second kappa shape index (κ2) is 4.43. The van der Waals surface area contributed by atoms with Crippen molar-refractivity contribution in [3.63, 3.8) is 0 Å². The average Bonchev–Trinajstić information content (AvgIpc) is 2.57. The Morgan fingerprint density at radius 2 is 1.53 bits per heavy atom. The van der Waals surface area contributed by atoms with Crippen molar-refractivity contribution in [1.29, 1.82) is 0 Å². The zero-order valence-electron chi connectivity index (χ0n) is 10.8. The third-order valence-electron chi connectivity index (χ3n) is 3.32. The van der Waals surface area contributed by atoms with Crippen molar-refractivity contribution in [2.24, 2.45) is 0 Å². The molecule has 1 heterocycles. The summed E-state index contributed by atoms with van der Waals surface area (Å²) in [6, 6.07) is 2.23. The van der Waals surface area contributed by atoms with Crippen molar-refractivity contribution < 1.29 is 0 Å². The van der Waals surface area contributed by atoms with Gasteiger partial charge in [0, 0.05) is 5.56 Å². The second-order valence-corrected chi connectivity index (χ2v) is 6.11. The molecule has 1 nitrogen and oxygen atoms in total. The number of benzene rings is 1. The van der Waals surface area contributed by atoms with E-state index in [0.717, 1.165) is 15.0 Å². The molecule has 0 spiro atoms. The Bertz CT molecular complexity index is 539. The standard InChI is InChI=1S/C14H16ClNS/c1-7-6-8(2)10(4)12(9(7)3)14-16-11(5)13(15)17-14/h6H,1-5H3. The van der Waals surface area contributed by atoms with Crippen LogP contribution in [0.1, 0.15) is 27.9 Å². The van der Waals surface area contributed by atoms with E-state index in [1.807, 2.05) is 6.92 Å². The first-order valence-corrected chi connectivity index (χ1v) is 6.82. The number of nitrogens with zero attached hydrogens (tertiary/aromatic N) is 1. The van der Waals surface area contributed by atoms with Crippen molar-refractivity contribution in [2.75, 3.05) is 0 Å². The Morgan fingerprint density at radius 1 is 1.00 bits per heavy atom. The van der Waals surface area contributed by atoms with Crippen LogP contribution in [0.5, 0.6) is 0 Å². The summed E-state index contributed by atoms with van der Waals surface area (Å²) >= 11 is 7.69. The Balaban J connectivity index is 2.74. The molecule has 90 valence electrons. The summed E-state index contributed by atoms with van der Waals surface area (Å²) in [6.07, 6.45) is 0. The first-order chi connectivity index (χ1) is 7.91. The van der Waals surface area contributed by atoms with Crippen LogP contribution in [0.3, 0.4) is 0 Å². The summed E-state index contributed by atoms with van der Waals surface area (Å²) in [5, 5.41) is 1.04. The van der Waals surface area contributed by atoms with Crippen molar-refractivity contribution in [3.8, 4) is 10.6 Å². The molecule has 0 fully saturated rings. The van der Waals surface area contributed by atoms with Gasteiger partial charge in [0.1, 0.15) is 9.34 Å². The van der Waals surface area contributed by atoms with Crippen LogP contribution in [0, 0.1) is 34.6 Å². The molecule has 2 rings (SSSR count). The van der Waals surface area contributed by atoms with Gasteiger partial charge in [0.25, 0.3) is 0 Å². The highest BCUT2D eigenvalue weighted by atomic mass is 35.5. The van der Waals surface area contributed by atoms with E-state index in [1.165, 1.54) is 27.8 Å².